The number of nitrogens with two attached hydrogens (primary N) is 1. The molecule has 0 bridgehead atoms. The number of hydrogen-bond donors (Lipinski definition) is 2. The van der Waals surface area contributed by atoms with E-state index in [-0.39, 0.29) is 5.82 Å². The molecule has 1 unspecified atom stereocenters. The quantitative estimate of drug-likeness (QED) is 0.562. The Morgan fingerprint density at radius 2 is 2.50 bits per heavy atom. The highest BCUT2D eigenvalue weighted by atomic mass is 16.5. The second-order valence-electron chi connectivity index (χ2n) is 2.68. The van der Waals surface area contributed by atoms with E-state index in [1.165, 1.54) is 12.1 Å². The average Bonchev–Trinajstić information content (AvgIpc) is 2.16. The van der Waals surface area contributed by atoms with Gasteiger partial charge >= 0.3 is 0 Å². The molecule has 1 aliphatic heterocycles. The molecule has 2 heterocycles. The lowest BCUT2D eigenvalue weighted by Gasteiger charge is -2.22. The molecule has 14 heavy (non-hydrogen) atoms. The van der Waals surface area contributed by atoms with E-state index < -0.39 is 17.9 Å². The van der Waals surface area contributed by atoms with Crippen LogP contribution in [-0.4, -0.2) is 22.9 Å². The van der Waals surface area contributed by atoms with Crippen LogP contribution in [0.25, 0.3) is 0 Å². The van der Waals surface area contributed by atoms with Crippen molar-refractivity contribution in [3.05, 3.63) is 18.3 Å². The Balaban J connectivity index is 2.36. The molecule has 6 heteroatoms. The zero-order valence-electron chi connectivity index (χ0n) is 6.98. The van der Waals surface area contributed by atoms with Crippen molar-refractivity contribution in [2.75, 3.05) is 5.32 Å². The van der Waals surface area contributed by atoms with E-state index in [1.807, 2.05) is 0 Å². The zero-order chi connectivity index (χ0) is 10.1. The van der Waals surface area contributed by atoms with Crippen LogP contribution in [0.3, 0.4) is 0 Å². The summed E-state index contributed by atoms with van der Waals surface area (Å²) in [6.07, 6.45) is 1.24. The van der Waals surface area contributed by atoms with Crippen LogP contribution in [0.15, 0.2) is 12.1 Å². The van der Waals surface area contributed by atoms with Crippen LogP contribution in [0, 0.1) is 6.20 Å². The molecule has 1 aromatic rings. The van der Waals surface area contributed by atoms with Gasteiger partial charge in [0.2, 0.25) is 0 Å². The van der Waals surface area contributed by atoms with Gasteiger partial charge in [0.05, 0.1) is 6.20 Å². The third-order valence-corrected chi connectivity index (χ3v) is 1.70. The van der Waals surface area contributed by atoms with E-state index in [0.29, 0.717) is 5.75 Å². The van der Waals surface area contributed by atoms with Crippen molar-refractivity contribution in [3.8, 4) is 5.75 Å². The molecule has 2 rings (SSSR count). The molecular weight excluding hydrogens is 186 g/mol. The van der Waals surface area contributed by atoms with Crippen molar-refractivity contribution in [1.29, 1.82) is 0 Å². The lowest BCUT2D eigenvalue weighted by molar-refractivity contribution is -0.135. The van der Waals surface area contributed by atoms with Crippen LogP contribution in [0.2, 0.25) is 0 Å². The lowest BCUT2D eigenvalue weighted by Crippen LogP contribution is -2.46. The summed E-state index contributed by atoms with van der Waals surface area (Å²) in [5.74, 6) is -0.889. The van der Waals surface area contributed by atoms with Gasteiger partial charge in [-0.2, -0.15) is 0 Å². The number of carbonyl (C=O) groups is 2. The van der Waals surface area contributed by atoms with Gasteiger partial charge in [-0.25, -0.2) is 4.98 Å². The lowest BCUT2D eigenvalue weighted by atomic mass is 10.2. The van der Waals surface area contributed by atoms with Gasteiger partial charge in [-0.15, -0.1) is 0 Å². The van der Waals surface area contributed by atoms with Gasteiger partial charge in [-0.3, -0.25) is 9.59 Å². The first-order valence-electron chi connectivity index (χ1n) is 3.82. The summed E-state index contributed by atoms with van der Waals surface area (Å²) in [5, 5.41) is 2.38. The summed E-state index contributed by atoms with van der Waals surface area (Å²) in [5.41, 5.74) is 4.96. The molecule has 2 amide bonds. The number of anilines is 1. The van der Waals surface area contributed by atoms with Crippen LogP contribution >= 0.6 is 0 Å². The van der Waals surface area contributed by atoms with Crippen LogP contribution < -0.4 is 15.8 Å². The molecule has 71 valence electrons. The maximum absolute atomic E-state index is 11.2. The van der Waals surface area contributed by atoms with Crippen LogP contribution in [0.1, 0.15) is 0 Å². The molecule has 0 aromatic carbocycles. The number of amides is 2. The van der Waals surface area contributed by atoms with Crippen LogP contribution in [0.5, 0.6) is 5.75 Å². The largest absolute Gasteiger partial charge is 0.467 e. The van der Waals surface area contributed by atoms with Gasteiger partial charge in [0.25, 0.3) is 17.9 Å². The van der Waals surface area contributed by atoms with Gasteiger partial charge in [0, 0.05) is 0 Å². The van der Waals surface area contributed by atoms with Crippen molar-refractivity contribution in [1.82, 2.24) is 4.98 Å². The molecular formula is C8H6N3O3. The van der Waals surface area contributed by atoms with E-state index >= 15 is 0 Å². The Morgan fingerprint density at radius 1 is 1.71 bits per heavy atom. The molecule has 0 saturated heterocycles. The number of nitrogens with zero attached hydrogens (tertiary/aromatic N) is 1. The Kier molecular flexibility index (Phi) is 1.81. The van der Waals surface area contributed by atoms with Gasteiger partial charge in [0.15, 0.2) is 11.6 Å². The first-order chi connectivity index (χ1) is 6.68. The van der Waals surface area contributed by atoms with Crippen LogP contribution in [-0.2, 0) is 9.59 Å². The summed E-state index contributed by atoms with van der Waals surface area (Å²) in [6.45, 7) is 0. The molecule has 1 aromatic heterocycles. The number of hydrogen-bond acceptors (Lipinski definition) is 4. The van der Waals surface area contributed by atoms with E-state index in [2.05, 4.69) is 16.5 Å². The number of ether oxygens (including phenoxy) is 1. The molecule has 1 atom stereocenters. The zero-order valence-corrected chi connectivity index (χ0v) is 6.98. The topological polar surface area (TPSA) is 94.3 Å². The Labute approximate surface area is 79.1 Å². The monoisotopic (exact) mass is 192 g/mol. The summed E-state index contributed by atoms with van der Waals surface area (Å²) < 4.78 is 5.04. The number of aromatic nitrogens is 1. The maximum atomic E-state index is 11.2. The molecule has 0 saturated carbocycles. The van der Waals surface area contributed by atoms with Crippen molar-refractivity contribution >= 4 is 17.6 Å². The Bertz CT molecular complexity index is 405. The summed E-state index contributed by atoms with van der Waals surface area (Å²) in [6, 6.07) is 3.05. The number of carbonyl (C=O) groups excluding carboxylic acids is 2. The highest BCUT2D eigenvalue weighted by Crippen LogP contribution is 2.25. The standard InChI is InChI=1S/C8H6N3O3/c9-6(12)5-8(13)11-7-4(14-5)2-1-3-10-7/h1-2,5H,(H2,9,12)(H,10,11,13). The third kappa shape index (κ3) is 1.26. The van der Waals surface area contributed by atoms with Gasteiger partial charge in [-0.1, -0.05) is 0 Å². The Hall–Kier alpha value is -2.11. The summed E-state index contributed by atoms with van der Waals surface area (Å²) in [7, 11) is 0. The van der Waals surface area contributed by atoms with Crippen molar-refractivity contribution in [2.45, 2.75) is 6.10 Å². The fourth-order valence-electron chi connectivity index (χ4n) is 1.08. The third-order valence-electron chi connectivity index (χ3n) is 1.70. The minimum atomic E-state index is -1.29. The predicted molar refractivity (Wildman–Crippen MR) is 45.3 cm³/mol. The predicted octanol–water partition coefficient (Wildman–Crippen LogP) is -0.933. The fraction of sp³-hybridized carbons (Fsp3) is 0.125. The first-order valence-corrected chi connectivity index (χ1v) is 3.82. The molecule has 6 nitrogen and oxygen atoms in total. The first kappa shape index (κ1) is 8.49. The second-order valence-corrected chi connectivity index (χ2v) is 2.68. The molecule has 0 fully saturated rings. The Morgan fingerprint density at radius 3 is 3.21 bits per heavy atom. The molecule has 0 aliphatic carbocycles. The van der Waals surface area contributed by atoms with Crippen molar-refractivity contribution in [2.24, 2.45) is 5.73 Å². The number of pyridine rings is 1. The minimum Gasteiger partial charge on any atom is -0.467 e. The number of primary amides is 1. The number of fused-ring (bicyclic) bond motifs is 1. The molecule has 1 radical (unpaired) electrons. The smallest absolute Gasteiger partial charge is 0.276 e. The number of nitrogens with one attached hydrogen (secondary N) is 1. The second kappa shape index (κ2) is 2.99. The molecule has 1 aliphatic rings. The normalized spacial score (nSPS) is 19.1. The van der Waals surface area contributed by atoms with E-state index in [9.17, 15) is 9.59 Å². The van der Waals surface area contributed by atoms with Crippen molar-refractivity contribution < 1.29 is 14.3 Å². The highest BCUT2D eigenvalue weighted by molar-refractivity contribution is 6.10. The molecule has 0 spiro atoms. The summed E-state index contributed by atoms with van der Waals surface area (Å²) in [4.78, 5) is 25.7. The maximum Gasteiger partial charge on any atom is 0.276 e. The van der Waals surface area contributed by atoms with Gasteiger partial charge in [-0.05, 0) is 12.1 Å². The van der Waals surface area contributed by atoms with E-state index in [0.717, 1.165) is 0 Å². The van der Waals surface area contributed by atoms with Gasteiger partial charge in [0.1, 0.15) is 0 Å². The van der Waals surface area contributed by atoms with Crippen molar-refractivity contribution in [3.63, 3.8) is 0 Å². The fourth-order valence-corrected chi connectivity index (χ4v) is 1.08. The molecule has 3 N–H and O–H groups in total. The highest BCUT2D eigenvalue weighted by Gasteiger charge is 2.32. The SMILES string of the molecule is NC(=O)C1Oc2cc[c]nc2NC1=O. The van der Waals surface area contributed by atoms with E-state index in [4.69, 9.17) is 10.5 Å². The van der Waals surface area contributed by atoms with Gasteiger partial charge < -0.3 is 15.8 Å². The van der Waals surface area contributed by atoms with Crippen LogP contribution in [0.4, 0.5) is 5.82 Å². The summed E-state index contributed by atoms with van der Waals surface area (Å²) >= 11 is 0. The minimum absolute atomic E-state index is 0.245. The number of rotatable bonds is 1. The van der Waals surface area contributed by atoms with E-state index in [1.54, 1.807) is 0 Å². The average molecular weight is 192 g/mol.